The molecule has 0 fully saturated rings. The number of rotatable bonds is 6. The monoisotopic (exact) mass is 525 g/mol. The lowest BCUT2D eigenvalue weighted by Gasteiger charge is -2.30. The molecule has 14 heteroatoms. The molecule has 2 rings (SSSR count). The van der Waals surface area contributed by atoms with Crippen LogP contribution in [-0.2, 0) is 5.67 Å². The van der Waals surface area contributed by atoms with Crippen molar-refractivity contribution in [2.24, 2.45) is 0 Å². The Morgan fingerprint density at radius 2 is 1.60 bits per heavy atom. The minimum absolute atomic E-state index is 0.00160. The Morgan fingerprint density at radius 1 is 1.03 bits per heavy atom. The zero-order chi connectivity index (χ0) is 27.0. The highest BCUT2D eigenvalue weighted by Gasteiger charge is 2.73. The van der Waals surface area contributed by atoms with Crippen molar-refractivity contribution < 1.29 is 40.4 Å². The molecule has 0 aliphatic carbocycles. The van der Waals surface area contributed by atoms with Crippen LogP contribution >= 0.6 is 11.6 Å². The van der Waals surface area contributed by atoms with Gasteiger partial charge in [-0.2, -0.15) is 31.6 Å². The summed E-state index contributed by atoms with van der Waals surface area (Å²) in [6.07, 6.45) is -12.6. The summed E-state index contributed by atoms with van der Waals surface area (Å²) in [6, 6.07) is 6.76. The summed E-state index contributed by atoms with van der Waals surface area (Å²) in [5.41, 5.74) is -7.87. The smallest absolute Gasteiger partial charge is 0.334 e. The number of nitrogens with one attached hydrogen (secondary N) is 2. The van der Waals surface area contributed by atoms with Gasteiger partial charge in [-0.25, -0.2) is 4.39 Å². The first kappa shape index (κ1) is 27.8. The van der Waals surface area contributed by atoms with Crippen molar-refractivity contribution in [2.45, 2.75) is 44.3 Å². The van der Waals surface area contributed by atoms with E-state index in [-0.39, 0.29) is 38.5 Å². The molecule has 35 heavy (non-hydrogen) atoms. The number of benzene rings is 2. The van der Waals surface area contributed by atoms with E-state index in [0.717, 1.165) is 13.0 Å². The van der Waals surface area contributed by atoms with E-state index < -0.39 is 35.0 Å². The highest BCUT2D eigenvalue weighted by atomic mass is 35.5. The van der Waals surface area contributed by atoms with E-state index >= 15 is 0 Å². The van der Waals surface area contributed by atoms with Crippen molar-refractivity contribution in [3.63, 3.8) is 0 Å². The number of amides is 1. The van der Waals surface area contributed by atoms with E-state index in [9.17, 15) is 40.4 Å². The molecular weight excluding hydrogens is 509 g/mol. The minimum Gasteiger partial charge on any atom is -0.334 e. The van der Waals surface area contributed by atoms with Crippen molar-refractivity contribution in [3.05, 3.63) is 63.0 Å². The molecule has 0 aliphatic heterocycles. The van der Waals surface area contributed by atoms with Gasteiger partial charge in [0.25, 0.3) is 5.91 Å². The van der Waals surface area contributed by atoms with Gasteiger partial charge in [-0.15, -0.1) is 5.43 Å². The minimum atomic E-state index is -6.29. The third-order valence-corrected chi connectivity index (χ3v) is 5.09. The Balaban J connectivity index is 2.45. The number of carbonyl (C=O) groups excluding carboxylic acids is 1. The van der Waals surface area contributed by atoms with Crippen LogP contribution in [0.4, 0.5) is 42.1 Å². The predicted octanol–water partition coefficient (Wildman–Crippen LogP) is 6.41. The van der Waals surface area contributed by atoms with Gasteiger partial charge in [-0.1, -0.05) is 23.7 Å². The molecule has 2 N–H and O–H groups in total. The second-order valence-electron chi connectivity index (χ2n) is 7.91. The molecule has 6 nitrogen and oxygen atoms in total. The largest absolute Gasteiger partial charge is 0.435 e. The number of aryl methyl sites for hydroxylation is 1. The maximum Gasteiger partial charge on any atom is 0.435 e. The van der Waals surface area contributed by atoms with Crippen molar-refractivity contribution in [1.82, 2.24) is 5.32 Å². The summed E-state index contributed by atoms with van der Waals surface area (Å²) >= 11 is 6.04. The van der Waals surface area contributed by atoms with Crippen LogP contribution in [0.3, 0.4) is 0 Å². The number of anilines is 1. The number of hydrazine groups is 1. The van der Waals surface area contributed by atoms with Crippen LogP contribution in [0, 0.1) is 23.2 Å². The van der Waals surface area contributed by atoms with Gasteiger partial charge in [-0.3, -0.25) is 4.79 Å². The van der Waals surface area contributed by atoms with Gasteiger partial charge in [0.05, 0.1) is 16.0 Å². The Labute approximate surface area is 199 Å². The van der Waals surface area contributed by atoms with Crippen LogP contribution in [0.5, 0.6) is 0 Å². The Bertz CT molecular complexity index is 1190. The fraction of sp³-hybridized carbons (Fsp3) is 0.333. The SMILES string of the molecule is Cc1cc(C(F)(C(F)(F)F)C(F)(F)F)ccc1N[N+](=O)c1cccc(Cl)c1C(=O)NC(C)(C)C#N. The van der Waals surface area contributed by atoms with Gasteiger partial charge < -0.3 is 5.32 Å². The first-order chi connectivity index (χ1) is 15.9. The number of nitroso groups, excluding NO2 is 1. The van der Waals surface area contributed by atoms with Crippen LogP contribution in [-0.4, -0.2) is 28.7 Å². The third-order valence-electron chi connectivity index (χ3n) is 4.77. The molecule has 0 radical (unpaired) electrons. The average molecular weight is 526 g/mol. The molecule has 0 bridgehead atoms. The molecule has 0 unspecified atom stereocenters. The highest BCUT2D eigenvalue weighted by molar-refractivity contribution is 6.34. The first-order valence-corrected chi connectivity index (χ1v) is 9.93. The summed E-state index contributed by atoms with van der Waals surface area (Å²) < 4.78 is 92.4. The fourth-order valence-corrected chi connectivity index (χ4v) is 3.20. The molecule has 0 atom stereocenters. The van der Waals surface area contributed by atoms with E-state index in [2.05, 4.69) is 10.7 Å². The second kappa shape index (κ2) is 9.33. The van der Waals surface area contributed by atoms with Gasteiger partial charge >= 0.3 is 23.7 Å². The van der Waals surface area contributed by atoms with E-state index in [0.29, 0.717) is 12.1 Å². The number of halogens is 8. The van der Waals surface area contributed by atoms with Crippen molar-refractivity contribution in [3.8, 4) is 6.07 Å². The maximum absolute atomic E-state index is 14.3. The quantitative estimate of drug-likeness (QED) is 0.259. The number of hydrogen-bond donors (Lipinski definition) is 2. The lowest BCUT2D eigenvalue weighted by Crippen LogP contribution is -2.50. The van der Waals surface area contributed by atoms with Crippen molar-refractivity contribution in [2.75, 3.05) is 5.43 Å². The molecule has 2 aromatic carbocycles. The zero-order valence-electron chi connectivity index (χ0n) is 18.2. The van der Waals surface area contributed by atoms with Gasteiger partial charge in [0.15, 0.2) is 4.87 Å². The number of nitrogens with zero attached hydrogens (tertiary/aromatic N) is 2. The average Bonchev–Trinajstić information content (AvgIpc) is 2.72. The molecular formula is C21H17ClF7N4O2+. The van der Waals surface area contributed by atoms with Crippen LogP contribution in [0.25, 0.3) is 0 Å². The molecule has 0 aliphatic rings. The van der Waals surface area contributed by atoms with Gasteiger partial charge in [0.2, 0.25) is 0 Å². The Hall–Kier alpha value is -3.40. The number of nitriles is 1. The molecule has 0 saturated heterocycles. The van der Waals surface area contributed by atoms with Crippen LogP contribution in [0.15, 0.2) is 36.4 Å². The van der Waals surface area contributed by atoms with Gasteiger partial charge in [0.1, 0.15) is 16.8 Å². The molecule has 0 spiro atoms. The number of alkyl halides is 7. The Kier molecular flexibility index (Phi) is 7.42. The highest BCUT2D eigenvalue weighted by Crippen LogP contribution is 2.53. The predicted molar refractivity (Wildman–Crippen MR) is 112 cm³/mol. The van der Waals surface area contributed by atoms with E-state index in [1.807, 2.05) is 6.07 Å². The summed E-state index contributed by atoms with van der Waals surface area (Å²) in [6.45, 7) is 3.81. The summed E-state index contributed by atoms with van der Waals surface area (Å²) in [7, 11) is 0. The van der Waals surface area contributed by atoms with Gasteiger partial charge in [0, 0.05) is 11.6 Å². The molecule has 1 amide bonds. The van der Waals surface area contributed by atoms with Crippen LogP contribution in [0.1, 0.15) is 35.3 Å². The summed E-state index contributed by atoms with van der Waals surface area (Å²) in [5, 5.41) is 11.3. The lowest BCUT2D eigenvalue weighted by molar-refractivity contribution is -0.428. The van der Waals surface area contributed by atoms with Crippen LogP contribution in [0.2, 0.25) is 5.02 Å². The lowest BCUT2D eigenvalue weighted by atomic mass is 9.92. The molecule has 2 aromatic rings. The second-order valence-corrected chi connectivity index (χ2v) is 8.32. The standard InChI is InChI=1S/C21H16ClF7N4O2/c1-11-9-12(19(23,20(24,25)26)21(27,28)29)7-8-14(11)32-33(35)15-6-4-5-13(22)16(15)17(34)31-18(2,3)10-30/h4-9H,1-3H3,(H-,31,32,34,35)/p+1. The van der Waals surface area contributed by atoms with E-state index in [4.69, 9.17) is 16.9 Å². The van der Waals surface area contributed by atoms with E-state index in [1.165, 1.54) is 26.0 Å². The zero-order valence-corrected chi connectivity index (χ0v) is 19.0. The van der Waals surface area contributed by atoms with E-state index in [1.54, 1.807) is 0 Å². The first-order valence-electron chi connectivity index (χ1n) is 9.55. The number of hydrogen-bond acceptors (Lipinski definition) is 3. The molecule has 0 saturated carbocycles. The Morgan fingerprint density at radius 3 is 2.09 bits per heavy atom. The maximum atomic E-state index is 14.3. The topological polar surface area (TPSA) is 85.0 Å². The molecule has 0 aromatic heterocycles. The number of carbonyl (C=O) groups is 1. The molecule has 188 valence electrons. The van der Waals surface area contributed by atoms with Crippen LogP contribution < -0.4 is 10.7 Å². The van der Waals surface area contributed by atoms with Gasteiger partial charge in [-0.05, 0) is 44.5 Å². The molecule has 0 heterocycles. The summed E-state index contributed by atoms with van der Waals surface area (Å²) in [5.74, 6) is -0.899. The summed E-state index contributed by atoms with van der Waals surface area (Å²) in [4.78, 5) is 25.4. The van der Waals surface area contributed by atoms with Crippen molar-refractivity contribution >= 4 is 28.9 Å². The third kappa shape index (κ3) is 5.48. The normalized spacial score (nSPS) is 12.6. The fourth-order valence-electron chi connectivity index (χ4n) is 2.94. The van der Waals surface area contributed by atoms with Crippen molar-refractivity contribution in [1.29, 1.82) is 5.26 Å².